The van der Waals surface area contributed by atoms with Gasteiger partial charge in [0, 0.05) is 31.7 Å². The highest BCUT2D eigenvalue weighted by molar-refractivity contribution is 5.95. The molecule has 0 saturated carbocycles. The lowest BCUT2D eigenvalue weighted by Crippen LogP contribution is -2.36. The molecule has 2 saturated heterocycles. The maximum absolute atomic E-state index is 12.6. The largest absolute Gasteiger partial charge is 0.508 e. The van der Waals surface area contributed by atoms with Gasteiger partial charge in [0.05, 0.1) is 5.92 Å². The van der Waals surface area contributed by atoms with E-state index >= 15 is 0 Å². The number of rotatable bonds is 3. The van der Waals surface area contributed by atoms with E-state index in [4.69, 9.17) is 0 Å². The van der Waals surface area contributed by atoms with Crippen LogP contribution in [0.4, 0.5) is 0 Å². The molecule has 2 amide bonds. The average molecular weight is 316 g/mol. The van der Waals surface area contributed by atoms with Gasteiger partial charge in [-0.25, -0.2) is 0 Å². The highest BCUT2D eigenvalue weighted by Gasteiger charge is 2.34. The molecule has 2 aliphatic rings. The molecular formula is C18H24N2O3. The van der Waals surface area contributed by atoms with Crippen molar-refractivity contribution in [3.63, 3.8) is 0 Å². The van der Waals surface area contributed by atoms with Gasteiger partial charge in [-0.1, -0.05) is 6.92 Å². The van der Waals surface area contributed by atoms with Gasteiger partial charge in [-0.2, -0.15) is 0 Å². The van der Waals surface area contributed by atoms with Gasteiger partial charge in [-0.15, -0.1) is 0 Å². The van der Waals surface area contributed by atoms with Crippen LogP contribution in [-0.2, 0) is 11.2 Å². The quantitative estimate of drug-likeness (QED) is 0.928. The number of aromatic hydroxyl groups is 1. The van der Waals surface area contributed by atoms with Crippen molar-refractivity contribution in [3.05, 3.63) is 29.3 Å². The van der Waals surface area contributed by atoms with Gasteiger partial charge in [-0.3, -0.25) is 9.59 Å². The van der Waals surface area contributed by atoms with Gasteiger partial charge in [0.25, 0.3) is 5.91 Å². The zero-order valence-corrected chi connectivity index (χ0v) is 13.6. The Labute approximate surface area is 136 Å². The molecule has 2 heterocycles. The summed E-state index contributed by atoms with van der Waals surface area (Å²) in [6, 6.07) is 4.99. The molecule has 5 heteroatoms. The van der Waals surface area contributed by atoms with Crippen LogP contribution in [-0.4, -0.2) is 52.9 Å². The molecular weight excluding hydrogens is 292 g/mol. The van der Waals surface area contributed by atoms with E-state index in [-0.39, 0.29) is 23.5 Å². The van der Waals surface area contributed by atoms with Crippen LogP contribution in [0.15, 0.2) is 18.2 Å². The van der Waals surface area contributed by atoms with Crippen molar-refractivity contribution in [1.29, 1.82) is 0 Å². The number of hydrogen-bond acceptors (Lipinski definition) is 3. The molecule has 1 aromatic rings. The van der Waals surface area contributed by atoms with Gasteiger partial charge in [0.1, 0.15) is 5.75 Å². The van der Waals surface area contributed by atoms with Crippen molar-refractivity contribution < 1.29 is 14.7 Å². The zero-order valence-electron chi connectivity index (χ0n) is 13.6. The molecule has 5 nitrogen and oxygen atoms in total. The van der Waals surface area contributed by atoms with E-state index < -0.39 is 0 Å². The molecule has 0 bridgehead atoms. The maximum atomic E-state index is 12.6. The van der Waals surface area contributed by atoms with Crippen molar-refractivity contribution in [2.24, 2.45) is 5.92 Å². The number of hydrogen-bond donors (Lipinski definition) is 1. The summed E-state index contributed by atoms with van der Waals surface area (Å²) in [7, 11) is 0. The van der Waals surface area contributed by atoms with Crippen LogP contribution in [0.5, 0.6) is 5.75 Å². The monoisotopic (exact) mass is 316 g/mol. The number of nitrogens with zero attached hydrogens (tertiary/aromatic N) is 2. The minimum atomic E-state index is -0.0557. The first-order valence-corrected chi connectivity index (χ1v) is 8.50. The third-order valence-corrected chi connectivity index (χ3v) is 4.95. The summed E-state index contributed by atoms with van der Waals surface area (Å²) in [6.07, 6.45) is 3.62. The Bertz CT molecular complexity index is 608. The fourth-order valence-electron chi connectivity index (χ4n) is 3.53. The van der Waals surface area contributed by atoms with E-state index in [1.54, 1.807) is 23.1 Å². The number of amides is 2. The summed E-state index contributed by atoms with van der Waals surface area (Å²) in [5.74, 6) is 0.335. The number of benzene rings is 1. The minimum Gasteiger partial charge on any atom is -0.508 e. The summed E-state index contributed by atoms with van der Waals surface area (Å²) in [4.78, 5) is 28.8. The van der Waals surface area contributed by atoms with Gasteiger partial charge in [0.15, 0.2) is 0 Å². The standard InChI is InChI=1S/C18H24N2O3/c1-2-13-11-14(5-6-16(13)21)17(22)20-10-7-15(12-20)18(23)19-8-3-4-9-19/h5-6,11,15,21H,2-4,7-10,12H2,1H3. The van der Waals surface area contributed by atoms with E-state index in [2.05, 4.69) is 0 Å². The predicted molar refractivity (Wildman–Crippen MR) is 87.3 cm³/mol. The summed E-state index contributed by atoms with van der Waals surface area (Å²) >= 11 is 0. The Morgan fingerprint density at radius 1 is 1.17 bits per heavy atom. The number of phenols is 1. The van der Waals surface area contributed by atoms with E-state index in [1.165, 1.54) is 0 Å². The van der Waals surface area contributed by atoms with Crippen LogP contribution in [0.3, 0.4) is 0 Å². The van der Waals surface area contributed by atoms with Crippen LogP contribution in [0.25, 0.3) is 0 Å². The lowest BCUT2D eigenvalue weighted by atomic mass is 10.1. The van der Waals surface area contributed by atoms with Crippen molar-refractivity contribution in [1.82, 2.24) is 9.80 Å². The Kier molecular flexibility index (Phi) is 4.55. The average Bonchev–Trinajstić information content (AvgIpc) is 3.25. The van der Waals surface area contributed by atoms with Crippen molar-refractivity contribution in [2.45, 2.75) is 32.6 Å². The van der Waals surface area contributed by atoms with E-state index in [0.717, 1.165) is 37.9 Å². The fourth-order valence-corrected chi connectivity index (χ4v) is 3.53. The van der Waals surface area contributed by atoms with E-state index in [9.17, 15) is 14.7 Å². The maximum Gasteiger partial charge on any atom is 0.253 e. The smallest absolute Gasteiger partial charge is 0.253 e. The number of carbonyl (C=O) groups excluding carboxylic acids is 2. The van der Waals surface area contributed by atoms with Crippen LogP contribution in [0.1, 0.15) is 42.1 Å². The first kappa shape index (κ1) is 15.8. The molecule has 0 aliphatic carbocycles. The molecule has 2 aliphatic heterocycles. The second kappa shape index (κ2) is 6.60. The Balaban J connectivity index is 1.66. The molecule has 124 valence electrons. The zero-order chi connectivity index (χ0) is 16.4. The molecule has 2 fully saturated rings. The van der Waals surface area contributed by atoms with Gasteiger partial charge in [-0.05, 0) is 49.4 Å². The summed E-state index contributed by atoms with van der Waals surface area (Å²) < 4.78 is 0. The van der Waals surface area contributed by atoms with Crippen molar-refractivity contribution in [3.8, 4) is 5.75 Å². The Morgan fingerprint density at radius 2 is 1.91 bits per heavy atom. The molecule has 0 radical (unpaired) electrons. The second-order valence-electron chi connectivity index (χ2n) is 6.47. The first-order chi connectivity index (χ1) is 11.1. The highest BCUT2D eigenvalue weighted by atomic mass is 16.3. The van der Waals surface area contributed by atoms with Crippen LogP contribution in [0, 0.1) is 5.92 Å². The Hall–Kier alpha value is -2.04. The lowest BCUT2D eigenvalue weighted by molar-refractivity contribution is -0.133. The summed E-state index contributed by atoms with van der Waals surface area (Å²) in [6.45, 7) is 4.81. The third-order valence-electron chi connectivity index (χ3n) is 4.95. The van der Waals surface area contributed by atoms with E-state index in [1.807, 2.05) is 11.8 Å². The third kappa shape index (κ3) is 3.19. The molecule has 1 atom stereocenters. The van der Waals surface area contributed by atoms with E-state index in [0.29, 0.717) is 25.1 Å². The second-order valence-corrected chi connectivity index (χ2v) is 6.47. The topological polar surface area (TPSA) is 60.9 Å². The van der Waals surface area contributed by atoms with Gasteiger partial charge < -0.3 is 14.9 Å². The molecule has 3 rings (SSSR count). The van der Waals surface area contributed by atoms with Crippen molar-refractivity contribution >= 4 is 11.8 Å². The molecule has 1 unspecified atom stereocenters. The van der Waals surface area contributed by atoms with Crippen molar-refractivity contribution in [2.75, 3.05) is 26.2 Å². The lowest BCUT2D eigenvalue weighted by Gasteiger charge is -2.21. The molecule has 0 aromatic heterocycles. The minimum absolute atomic E-state index is 0.0450. The molecule has 1 N–H and O–H groups in total. The predicted octanol–water partition coefficient (Wildman–Crippen LogP) is 2.04. The SMILES string of the molecule is CCc1cc(C(=O)N2CCC(C(=O)N3CCCC3)C2)ccc1O. The summed E-state index contributed by atoms with van der Waals surface area (Å²) in [5.41, 5.74) is 1.37. The molecule has 1 aromatic carbocycles. The number of aryl methyl sites for hydroxylation is 1. The molecule has 23 heavy (non-hydrogen) atoms. The van der Waals surface area contributed by atoms with Crippen LogP contribution < -0.4 is 0 Å². The number of phenolic OH excluding ortho intramolecular Hbond substituents is 1. The number of carbonyl (C=O) groups is 2. The molecule has 0 spiro atoms. The van der Waals surface area contributed by atoms with Crippen LogP contribution >= 0.6 is 0 Å². The van der Waals surface area contributed by atoms with Gasteiger partial charge >= 0.3 is 0 Å². The Morgan fingerprint density at radius 3 is 2.61 bits per heavy atom. The summed E-state index contributed by atoms with van der Waals surface area (Å²) in [5, 5.41) is 9.74. The number of likely N-dealkylation sites (tertiary alicyclic amines) is 2. The fraction of sp³-hybridized carbons (Fsp3) is 0.556. The highest BCUT2D eigenvalue weighted by Crippen LogP contribution is 2.25. The van der Waals surface area contributed by atoms with Gasteiger partial charge in [0.2, 0.25) is 5.91 Å². The normalized spacial score (nSPS) is 21.0. The first-order valence-electron chi connectivity index (χ1n) is 8.50. The van der Waals surface area contributed by atoms with Crippen LogP contribution in [0.2, 0.25) is 0 Å².